The van der Waals surface area contributed by atoms with E-state index in [1.165, 1.54) is 7.11 Å². The fraction of sp³-hybridized carbons (Fsp3) is 0.294. The molecule has 1 heterocycles. The smallest absolute Gasteiger partial charge is 0.312 e. The molecule has 0 aliphatic rings. The summed E-state index contributed by atoms with van der Waals surface area (Å²) in [5, 5.41) is 0. The maximum atomic E-state index is 11.4. The number of carbonyl (C=O) groups excluding carboxylic acids is 1. The number of esters is 1. The van der Waals surface area contributed by atoms with E-state index in [4.69, 9.17) is 4.74 Å². The molecule has 0 radical (unpaired) electrons. The van der Waals surface area contributed by atoms with Crippen LogP contribution in [-0.4, -0.2) is 18.1 Å². The quantitative estimate of drug-likeness (QED) is 0.790. The molecule has 0 bridgehead atoms. The molecule has 1 unspecified atom stereocenters. The third-order valence-corrected chi connectivity index (χ3v) is 2.93. The van der Waals surface area contributed by atoms with Gasteiger partial charge in [0.1, 0.15) is 0 Å². The van der Waals surface area contributed by atoms with E-state index in [0.29, 0.717) is 0 Å². The molecule has 0 saturated heterocycles. The van der Waals surface area contributed by atoms with E-state index in [1.807, 2.05) is 63.2 Å². The summed E-state index contributed by atoms with van der Waals surface area (Å²) >= 11 is 0. The third kappa shape index (κ3) is 3.92. The monoisotopic (exact) mass is 271 g/mol. The number of carbonyl (C=O) groups is 1. The minimum absolute atomic E-state index is 0.222. The van der Waals surface area contributed by atoms with Crippen LogP contribution in [0.4, 0.5) is 0 Å². The predicted molar refractivity (Wildman–Crippen MR) is 81.5 cm³/mol. The van der Waals surface area contributed by atoms with E-state index in [9.17, 15) is 4.79 Å². The summed E-state index contributed by atoms with van der Waals surface area (Å²) in [5.41, 5.74) is 2.91. The summed E-state index contributed by atoms with van der Waals surface area (Å²) in [5.74, 6) is -0.464. The zero-order chi connectivity index (χ0) is 15.0. The van der Waals surface area contributed by atoms with Crippen molar-refractivity contribution in [3.63, 3.8) is 0 Å². The Bertz CT molecular complexity index is 520. The van der Waals surface area contributed by atoms with Gasteiger partial charge in [0.05, 0.1) is 18.7 Å². The molecule has 0 aliphatic heterocycles. The summed E-state index contributed by atoms with van der Waals surface area (Å²) in [6.07, 6.45) is 1.76. The van der Waals surface area contributed by atoms with Crippen molar-refractivity contribution >= 4 is 5.97 Å². The van der Waals surface area contributed by atoms with Gasteiger partial charge in [0.2, 0.25) is 0 Å². The lowest BCUT2D eigenvalue weighted by Gasteiger charge is -2.10. The average molecular weight is 271 g/mol. The molecule has 1 aromatic carbocycles. The number of rotatable bonds is 3. The lowest BCUT2D eigenvalue weighted by molar-refractivity contribution is -0.141. The lowest BCUT2D eigenvalue weighted by Crippen LogP contribution is -2.10. The van der Waals surface area contributed by atoms with Crippen LogP contribution in [-0.2, 0) is 9.53 Å². The first-order chi connectivity index (χ1) is 9.72. The normalized spacial score (nSPS) is 11.0. The summed E-state index contributed by atoms with van der Waals surface area (Å²) < 4.78 is 4.73. The highest BCUT2D eigenvalue weighted by molar-refractivity contribution is 5.77. The predicted octanol–water partition coefficient (Wildman–Crippen LogP) is 4.05. The van der Waals surface area contributed by atoms with Crippen molar-refractivity contribution in [1.82, 2.24) is 4.98 Å². The Hall–Kier alpha value is -2.16. The van der Waals surface area contributed by atoms with Crippen LogP contribution in [0.3, 0.4) is 0 Å². The van der Waals surface area contributed by atoms with Gasteiger partial charge in [-0.25, -0.2) is 0 Å². The molecular formula is C17H21NO2. The minimum Gasteiger partial charge on any atom is -0.469 e. The minimum atomic E-state index is -0.243. The number of hydrogen-bond donors (Lipinski definition) is 0. The molecule has 3 nitrogen and oxygen atoms in total. The molecule has 0 saturated carbocycles. The summed E-state index contributed by atoms with van der Waals surface area (Å²) in [6.45, 7) is 5.83. The number of nitrogens with zero attached hydrogens (tertiary/aromatic N) is 1. The average Bonchev–Trinajstić information content (AvgIpc) is 2.56. The van der Waals surface area contributed by atoms with Gasteiger partial charge in [-0.3, -0.25) is 9.78 Å². The van der Waals surface area contributed by atoms with Crippen molar-refractivity contribution < 1.29 is 9.53 Å². The fourth-order valence-corrected chi connectivity index (χ4v) is 1.79. The Kier molecular flexibility index (Phi) is 6.44. The highest BCUT2D eigenvalue weighted by atomic mass is 16.5. The van der Waals surface area contributed by atoms with Crippen LogP contribution in [0.25, 0.3) is 11.3 Å². The van der Waals surface area contributed by atoms with Gasteiger partial charge in [0.25, 0.3) is 0 Å². The van der Waals surface area contributed by atoms with Gasteiger partial charge in [-0.05, 0) is 24.6 Å². The molecule has 0 fully saturated rings. The topological polar surface area (TPSA) is 39.2 Å². The molecule has 106 valence electrons. The molecule has 1 aromatic heterocycles. The molecule has 2 aromatic rings. The number of hydrogen-bond acceptors (Lipinski definition) is 3. The van der Waals surface area contributed by atoms with E-state index >= 15 is 0 Å². The summed E-state index contributed by atoms with van der Waals surface area (Å²) in [7, 11) is 1.40. The zero-order valence-electron chi connectivity index (χ0n) is 12.5. The Balaban J connectivity index is 0.000000956. The second kappa shape index (κ2) is 8.10. The number of benzene rings is 1. The van der Waals surface area contributed by atoms with Crippen LogP contribution in [0, 0.1) is 0 Å². The largest absolute Gasteiger partial charge is 0.469 e. The maximum absolute atomic E-state index is 11.4. The molecule has 3 heteroatoms. The standard InChI is InChI=1S/C15H15NO2.C2H6/c1-11(15(17)18-2)12-6-8-13(9-7-12)14-5-3-4-10-16-14;1-2/h3-11H,1-2H3;1-2H3. The lowest BCUT2D eigenvalue weighted by atomic mass is 9.99. The van der Waals surface area contributed by atoms with Gasteiger partial charge < -0.3 is 4.74 Å². The first-order valence-electron chi connectivity index (χ1n) is 6.81. The van der Waals surface area contributed by atoms with Crippen LogP contribution < -0.4 is 0 Å². The molecule has 0 N–H and O–H groups in total. The zero-order valence-corrected chi connectivity index (χ0v) is 12.5. The number of methoxy groups -OCH3 is 1. The number of pyridine rings is 1. The summed E-state index contributed by atoms with van der Waals surface area (Å²) in [6, 6.07) is 13.6. The van der Waals surface area contributed by atoms with Gasteiger partial charge >= 0.3 is 5.97 Å². The first-order valence-corrected chi connectivity index (χ1v) is 6.81. The van der Waals surface area contributed by atoms with E-state index in [2.05, 4.69) is 4.98 Å². The SMILES string of the molecule is CC.COC(=O)C(C)c1ccc(-c2ccccn2)cc1. The number of aromatic nitrogens is 1. The molecule has 20 heavy (non-hydrogen) atoms. The van der Waals surface area contributed by atoms with Crippen LogP contribution in [0.5, 0.6) is 0 Å². The van der Waals surface area contributed by atoms with Crippen molar-refractivity contribution in [3.05, 3.63) is 54.2 Å². The van der Waals surface area contributed by atoms with E-state index < -0.39 is 0 Å². The highest BCUT2D eigenvalue weighted by Crippen LogP contribution is 2.21. The molecule has 0 amide bonds. The Morgan fingerprint density at radius 2 is 1.75 bits per heavy atom. The van der Waals surface area contributed by atoms with E-state index in [1.54, 1.807) is 6.20 Å². The van der Waals surface area contributed by atoms with E-state index in [0.717, 1.165) is 16.8 Å². The van der Waals surface area contributed by atoms with Crippen molar-refractivity contribution in [2.45, 2.75) is 26.7 Å². The molecular weight excluding hydrogens is 250 g/mol. The number of ether oxygens (including phenoxy) is 1. The van der Waals surface area contributed by atoms with Crippen LogP contribution in [0.15, 0.2) is 48.7 Å². The summed E-state index contributed by atoms with van der Waals surface area (Å²) in [4.78, 5) is 15.7. The second-order valence-electron chi connectivity index (χ2n) is 4.08. The van der Waals surface area contributed by atoms with Gasteiger partial charge in [-0.15, -0.1) is 0 Å². The molecule has 1 atom stereocenters. The van der Waals surface area contributed by atoms with Gasteiger partial charge in [0, 0.05) is 11.8 Å². The van der Waals surface area contributed by atoms with E-state index in [-0.39, 0.29) is 11.9 Å². The third-order valence-electron chi connectivity index (χ3n) is 2.93. The Morgan fingerprint density at radius 1 is 1.10 bits per heavy atom. The van der Waals surface area contributed by atoms with Crippen LogP contribution >= 0.6 is 0 Å². The molecule has 2 rings (SSSR count). The van der Waals surface area contributed by atoms with Gasteiger partial charge in [-0.1, -0.05) is 44.2 Å². The molecule has 0 aliphatic carbocycles. The fourth-order valence-electron chi connectivity index (χ4n) is 1.79. The maximum Gasteiger partial charge on any atom is 0.312 e. The van der Waals surface area contributed by atoms with Crippen molar-refractivity contribution in [2.24, 2.45) is 0 Å². The Morgan fingerprint density at radius 3 is 2.25 bits per heavy atom. The Labute approximate surface area is 120 Å². The second-order valence-corrected chi connectivity index (χ2v) is 4.08. The van der Waals surface area contributed by atoms with Gasteiger partial charge in [0.15, 0.2) is 0 Å². The highest BCUT2D eigenvalue weighted by Gasteiger charge is 2.15. The van der Waals surface area contributed by atoms with Crippen molar-refractivity contribution in [2.75, 3.05) is 7.11 Å². The van der Waals surface area contributed by atoms with Crippen molar-refractivity contribution in [3.8, 4) is 11.3 Å². The first kappa shape index (κ1) is 15.9. The van der Waals surface area contributed by atoms with Crippen LogP contribution in [0.1, 0.15) is 32.3 Å². The molecule has 0 spiro atoms. The van der Waals surface area contributed by atoms with Crippen LogP contribution in [0.2, 0.25) is 0 Å². The van der Waals surface area contributed by atoms with Gasteiger partial charge in [-0.2, -0.15) is 0 Å². The van der Waals surface area contributed by atoms with Crippen molar-refractivity contribution in [1.29, 1.82) is 0 Å².